The van der Waals surface area contributed by atoms with Gasteiger partial charge in [0.05, 0.1) is 26.4 Å². The molecule has 0 aromatic rings. The van der Waals surface area contributed by atoms with E-state index in [0.717, 1.165) is 180 Å². The molecule has 3 N–H and O–H groups in total. The van der Waals surface area contributed by atoms with Gasteiger partial charge in [-0.3, -0.25) is 37.3 Å². The average molecular weight is 1420 g/mol. The van der Waals surface area contributed by atoms with Gasteiger partial charge in [0.15, 0.2) is 12.2 Å². The van der Waals surface area contributed by atoms with Gasteiger partial charge in [0.2, 0.25) is 0 Å². The Bertz CT molecular complexity index is 2340. The van der Waals surface area contributed by atoms with Gasteiger partial charge in [-0.15, -0.1) is 0 Å². The van der Waals surface area contributed by atoms with Gasteiger partial charge in [-0.2, -0.15) is 0 Å². The summed E-state index contributed by atoms with van der Waals surface area (Å²) >= 11 is 0. The second-order valence-corrected chi connectivity index (χ2v) is 27.8. The molecule has 0 rings (SSSR count). The van der Waals surface area contributed by atoms with Gasteiger partial charge in [0, 0.05) is 25.7 Å². The maximum absolute atomic E-state index is 13.1. The number of hydrogen-bond acceptors (Lipinski definition) is 15. The van der Waals surface area contributed by atoms with Crippen molar-refractivity contribution in [3.63, 3.8) is 0 Å². The Labute approximate surface area is 593 Å². The minimum Gasteiger partial charge on any atom is -0.462 e. The average Bonchev–Trinajstić information content (AvgIpc) is 1.04. The fourth-order valence-corrected chi connectivity index (χ4v) is 11.2. The molecule has 98 heavy (non-hydrogen) atoms. The number of carbonyl (C=O) groups excluding carboxylic acids is 4. The highest BCUT2D eigenvalue weighted by Crippen LogP contribution is 2.45. The third kappa shape index (κ3) is 69.9. The Morgan fingerprint density at radius 1 is 0.296 bits per heavy atom. The summed E-state index contributed by atoms with van der Waals surface area (Å²) in [5.74, 6) is -2.27. The lowest BCUT2D eigenvalue weighted by atomic mass is 10.1. The van der Waals surface area contributed by atoms with E-state index in [2.05, 4.69) is 149 Å². The Morgan fingerprint density at radius 2 is 0.551 bits per heavy atom. The summed E-state index contributed by atoms with van der Waals surface area (Å²) in [6, 6.07) is 0. The molecule has 19 heteroatoms. The number of aliphatic hydroxyl groups excluding tert-OH is 1. The molecular weight excluding hydrogens is 1280 g/mol. The van der Waals surface area contributed by atoms with Gasteiger partial charge in [-0.25, -0.2) is 9.13 Å². The Balaban J connectivity index is 5.42. The molecular formula is C79H134O17P2. The van der Waals surface area contributed by atoms with Crippen LogP contribution < -0.4 is 0 Å². The molecule has 0 aromatic heterocycles. The predicted molar refractivity (Wildman–Crippen MR) is 399 cm³/mol. The molecule has 0 saturated heterocycles. The number of rotatable bonds is 70. The summed E-state index contributed by atoms with van der Waals surface area (Å²) < 4.78 is 68.4. The van der Waals surface area contributed by atoms with Gasteiger partial charge >= 0.3 is 39.5 Å². The SMILES string of the molecule is CC/C=C\C/C=C\C/C=C\C/C=C\CCCCC(=O)OCC(COP(=O)(O)OCC(O)COP(=O)(O)OCC(COC(=O)CCCCCCC/C=C\C/C=C\CCCCC)OC(=O)CCCCCCC/C=C\C/C=C\CCC)OC(=O)CCCCCCC/C=C\C/C=C\CCCCC. The van der Waals surface area contributed by atoms with Crippen LogP contribution in [0.15, 0.2) is 122 Å². The highest BCUT2D eigenvalue weighted by Gasteiger charge is 2.30. The predicted octanol–water partition coefficient (Wildman–Crippen LogP) is 21.6. The van der Waals surface area contributed by atoms with E-state index in [1.165, 1.54) is 38.5 Å². The zero-order valence-corrected chi connectivity index (χ0v) is 63.0. The lowest BCUT2D eigenvalue weighted by molar-refractivity contribution is -0.161. The van der Waals surface area contributed by atoms with E-state index < -0.39 is 97.5 Å². The number of carbonyl (C=O) groups is 4. The number of esters is 4. The normalized spacial score (nSPS) is 14.6. The molecule has 0 saturated carbocycles. The van der Waals surface area contributed by atoms with Gasteiger partial charge in [0.25, 0.3) is 0 Å². The molecule has 562 valence electrons. The van der Waals surface area contributed by atoms with Crippen LogP contribution in [0.3, 0.4) is 0 Å². The molecule has 0 radical (unpaired) electrons. The monoisotopic (exact) mass is 1420 g/mol. The summed E-state index contributed by atoms with van der Waals surface area (Å²) in [7, 11) is -9.97. The summed E-state index contributed by atoms with van der Waals surface area (Å²) in [5, 5.41) is 10.6. The molecule has 0 fully saturated rings. The molecule has 0 bridgehead atoms. The molecule has 0 amide bonds. The molecule has 5 atom stereocenters. The maximum atomic E-state index is 13.1. The number of hydrogen-bond donors (Lipinski definition) is 3. The first-order valence-electron chi connectivity index (χ1n) is 37.8. The topological polar surface area (TPSA) is 237 Å². The van der Waals surface area contributed by atoms with E-state index in [-0.39, 0.29) is 25.7 Å². The van der Waals surface area contributed by atoms with Gasteiger partial charge in [0.1, 0.15) is 19.3 Å². The number of ether oxygens (including phenoxy) is 4. The van der Waals surface area contributed by atoms with E-state index in [9.17, 15) is 43.2 Å². The summed E-state index contributed by atoms with van der Waals surface area (Å²) in [6.07, 6.45) is 76.2. The van der Waals surface area contributed by atoms with Crippen molar-refractivity contribution in [2.45, 2.75) is 316 Å². The highest BCUT2D eigenvalue weighted by atomic mass is 31.2. The zero-order chi connectivity index (χ0) is 71.8. The summed E-state index contributed by atoms with van der Waals surface area (Å²) in [6.45, 7) is 4.54. The number of aliphatic hydroxyl groups is 1. The molecule has 0 heterocycles. The first kappa shape index (κ1) is 93.5. The second-order valence-electron chi connectivity index (χ2n) is 24.8. The van der Waals surface area contributed by atoms with E-state index in [0.29, 0.717) is 25.7 Å². The van der Waals surface area contributed by atoms with Gasteiger partial charge in [-0.1, -0.05) is 239 Å². The molecule has 17 nitrogen and oxygen atoms in total. The summed E-state index contributed by atoms with van der Waals surface area (Å²) in [5.41, 5.74) is 0. The Hall–Kier alpha value is -4.54. The van der Waals surface area contributed by atoms with Crippen LogP contribution in [-0.4, -0.2) is 96.7 Å². The van der Waals surface area contributed by atoms with Crippen molar-refractivity contribution < 1.29 is 80.2 Å². The maximum Gasteiger partial charge on any atom is 0.472 e. The van der Waals surface area contributed by atoms with Crippen LogP contribution in [-0.2, 0) is 65.4 Å². The van der Waals surface area contributed by atoms with Crippen molar-refractivity contribution in [3.05, 3.63) is 122 Å². The molecule has 0 spiro atoms. The Kier molecular flexibility index (Phi) is 67.6. The van der Waals surface area contributed by atoms with Crippen LogP contribution in [0.25, 0.3) is 0 Å². The largest absolute Gasteiger partial charge is 0.472 e. The van der Waals surface area contributed by atoms with Crippen LogP contribution >= 0.6 is 15.6 Å². The third-order valence-electron chi connectivity index (χ3n) is 15.4. The first-order chi connectivity index (χ1) is 47.7. The van der Waals surface area contributed by atoms with E-state index in [1.807, 2.05) is 0 Å². The molecule has 0 aliphatic heterocycles. The quantitative estimate of drug-likeness (QED) is 0.0169. The van der Waals surface area contributed by atoms with Crippen LogP contribution in [0.4, 0.5) is 0 Å². The van der Waals surface area contributed by atoms with Crippen molar-refractivity contribution >= 4 is 39.5 Å². The van der Waals surface area contributed by atoms with E-state index in [1.54, 1.807) is 0 Å². The van der Waals surface area contributed by atoms with Crippen LogP contribution in [0.1, 0.15) is 297 Å². The highest BCUT2D eigenvalue weighted by molar-refractivity contribution is 7.47. The minimum absolute atomic E-state index is 0.0670. The zero-order valence-electron chi connectivity index (χ0n) is 61.2. The molecule has 0 aliphatic carbocycles. The van der Waals surface area contributed by atoms with Crippen LogP contribution in [0, 0.1) is 0 Å². The summed E-state index contributed by atoms with van der Waals surface area (Å²) in [4.78, 5) is 72.8. The van der Waals surface area contributed by atoms with Crippen molar-refractivity contribution in [2.75, 3.05) is 39.6 Å². The molecule has 0 aromatic carbocycles. The smallest absolute Gasteiger partial charge is 0.462 e. The molecule has 5 unspecified atom stereocenters. The fourth-order valence-electron chi connectivity index (χ4n) is 9.60. The minimum atomic E-state index is -4.99. The first-order valence-corrected chi connectivity index (χ1v) is 40.8. The van der Waals surface area contributed by atoms with Crippen molar-refractivity contribution in [2.24, 2.45) is 0 Å². The van der Waals surface area contributed by atoms with E-state index >= 15 is 0 Å². The number of allylic oxidation sites excluding steroid dienone is 20. The van der Waals surface area contributed by atoms with Gasteiger partial charge in [-0.05, 0) is 154 Å². The van der Waals surface area contributed by atoms with Gasteiger partial charge < -0.3 is 33.8 Å². The van der Waals surface area contributed by atoms with Crippen molar-refractivity contribution in [3.8, 4) is 0 Å². The third-order valence-corrected chi connectivity index (χ3v) is 17.3. The van der Waals surface area contributed by atoms with Crippen molar-refractivity contribution in [1.82, 2.24) is 0 Å². The van der Waals surface area contributed by atoms with Crippen molar-refractivity contribution in [1.29, 1.82) is 0 Å². The van der Waals surface area contributed by atoms with E-state index in [4.69, 9.17) is 37.0 Å². The number of phosphoric ester groups is 2. The van der Waals surface area contributed by atoms with Crippen LogP contribution in [0.5, 0.6) is 0 Å². The fraction of sp³-hybridized carbons (Fsp3) is 0.696. The molecule has 0 aliphatic rings. The lowest BCUT2D eigenvalue weighted by Crippen LogP contribution is -2.30. The lowest BCUT2D eigenvalue weighted by Gasteiger charge is -2.21. The Morgan fingerprint density at radius 3 is 0.878 bits per heavy atom. The standard InChI is InChI=1S/C79H134O17P2/c1-5-9-13-17-21-25-29-33-36-40-43-47-51-55-59-63-76(81)89-69-74(95-78(83)65-61-57-53-49-45-39-32-28-24-20-16-12-8-4)71-93-97(85,86)91-67-73(80)68-92-98(87,88)94-72-75(96-79(84)66-62-58-54-50-46-42-38-35-31-27-23-19-15-11-7-3)70-90-77(82)64-60-56-52-48-44-41-37-34-30-26-22-18-14-10-6-2/h10,14,16,20-23,25-28,32-38,44,48,73-75,80H,5-9,11-13,15,17-19,24,29-31,39-43,45-47,49-72H2,1-4H3,(H,85,86)(H,87,88)/b14-10-,20-16-,25-21-,26-22-,27-23-,32-28-,36-33-,37-34-,38-35-,48-44-. The second kappa shape index (κ2) is 70.9. The number of unbranched alkanes of at least 4 members (excludes halogenated alkanes) is 24. The van der Waals surface area contributed by atoms with Crippen LogP contribution in [0.2, 0.25) is 0 Å². The number of phosphoric acid groups is 2.